The van der Waals surface area contributed by atoms with Gasteiger partial charge < -0.3 is 9.52 Å². The van der Waals surface area contributed by atoms with Gasteiger partial charge in [-0.2, -0.15) is 0 Å². The van der Waals surface area contributed by atoms with Gasteiger partial charge in [-0.05, 0) is 78.3 Å². The number of furan rings is 1. The van der Waals surface area contributed by atoms with Crippen molar-refractivity contribution in [3.63, 3.8) is 0 Å². The molecular weight excluding hydrogens is 536 g/mol. The van der Waals surface area contributed by atoms with Gasteiger partial charge in [0.1, 0.15) is 5.58 Å². The predicted octanol–water partition coefficient (Wildman–Crippen LogP) is 11.8. The third-order valence-electron chi connectivity index (χ3n) is 8.98. The summed E-state index contributed by atoms with van der Waals surface area (Å²) in [5, 5.41) is 19.8. The maximum absolute atomic E-state index is 10.4. The van der Waals surface area contributed by atoms with Crippen molar-refractivity contribution in [3.05, 3.63) is 152 Å². The van der Waals surface area contributed by atoms with Crippen LogP contribution in [0.2, 0.25) is 0 Å². The second-order valence-electron chi connectivity index (χ2n) is 11.4. The topological polar surface area (TPSA) is 33.4 Å². The lowest BCUT2D eigenvalue weighted by atomic mass is 9.87. The molecule has 9 aromatic rings. The summed E-state index contributed by atoms with van der Waals surface area (Å²) in [6, 6.07) is 53.4. The molecule has 0 aliphatic heterocycles. The molecule has 0 radical (unpaired) electrons. The van der Waals surface area contributed by atoms with Crippen LogP contribution in [0, 0.1) is 0 Å². The summed E-state index contributed by atoms with van der Waals surface area (Å²) in [4.78, 5) is 0. The van der Waals surface area contributed by atoms with Gasteiger partial charge in [-0.15, -0.1) is 0 Å². The molecule has 0 atom stereocenters. The van der Waals surface area contributed by atoms with Crippen LogP contribution >= 0.6 is 0 Å². The molecular formula is C42H26O2. The fraction of sp³-hybridized carbons (Fsp3) is 0. The van der Waals surface area contributed by atoms with Crippen LogP contribution in [0.15, 0.2) is 156 Å². The number of aromatic hydroxyl groups is 1. The summed E-state index contributed by atoms with van der Waals surface area (Å²) in [5.41, 5.74) is 8.24. The average molecular weight is 563 g/mol. The summed E-state index contributed by atoms with van der Waals surface area (Å²) in [5.74, 6) is 0.159. The highest BCUT2D eigenvalue weighted by Crippen LogP contribution is 2.43. The van der Waals surface area contributed by atoms with Gasteiger partial charge in [0.2, 0.25) is 0 Å². The van der Waals surface area contributed by atoms with Crippen LogP contribution in [0.1, 0.15) is 0 Å². The second kappa shape index (κ2) is 9.58. The molecule has 8 aromatic carbocycles. The van der Waals surface area contributed by atoms with Crippen LogP contribution in [0.3, 0.4) is 0 Å². The maximum Gasteiger partial charge on any atom is 0.177 e. The Morgan fingerprint density at radius 1 is 0.318 bits per heavy atom. The Bertz CT molecular complexity index is 2540. The molecule has 0 saturated carbocycles. The molecule has 9 rings (SSSR count). The summed E-state index contributed by atoms with van der Waals surface area (Å²) in [7, 11) is 0. The Balaban J connectivity index is 1.25. The smallest absolute Gasteiger partial charge is 0.177 e. The van der Waals surface area contributed by atoms with Crippen LogP contribution in [0.5, 0.6) is 5.75 Å². The van der Waals surface area contributed by atoms with Gasteiger partial charge in [-0.25, -0.2) is 0 Å². The summed E-state index contributed by atoms with van der Waals surface area (Å²) in [6.07, 6.45) is 0. The van der Waals surface area contributed by atoms with E-state index in [1.807, 2.05) is 18.2 Å². The van der Waals surface area contributed by atoms with Crippen molar-refractivity contribution in [1.82, 2.24) is 0 Å². The number of para-hydroxylation sites is 2. The Kier molecular flexibility index (Phi) is 5.38. The van der Waals surface area contributed by atoms with E-state index in [-0.39, 0.29) is 5.75 Å². The highest BCUT2D eigenvalue weighted by atomic mass is 16.4. The SMILES string of the molecule is Oc1cccc2c1oc1c(-c3ccc(-c4cc5c6ccccc6c(-c6ccccc6)cc5c5ccccc45)cc3)cccc12. The summed E-state index contributed by atoms with van der Waals surface area (Å²) in [6.45, 7) is 0. The first-order valence-corrected chi connectivity index (χ1v) is 14.9. The van der Waals surface area contributed by atoms with E-state index < -0.39 is 0 Å². The lowest BCUT2D eigenvalue weighted by molar-refractivity contribution is 0.469. The highest BCUT2D eigenvalue weighted by molar-refractivity contribution is 6.24. The molecule has 44 heavy (non-hydrogen) atoms. The minimum Gasteiger partial charge on any atom is -0.504 e. The lowest BCUT2D eigenvalue weighted by Crippen LogP contribution is -1.89. The van der Waals surface area contributed by atoms with Crippen molar-refractivity contribution in [1.29, 1.82) is 0 Å². The zero-order valence-electron chi connectivity index (χ0n) is 23.8. The molecule has 0 aliphatic carbocycles. The van der Waals surface area contributed by atoms with Crippen molar-refractivity contribution in [2.45, 2.75) is 0 Å². The first kappa shape index (κ1) is 24.7. The van der Waals surface area contributed by atoms with E-state index in [1.165, 1.54) is 49.0 Å². The van der Waals surface area contributed by atoms with Gasteiger partial charge in [0.05, 0.1) is 0 Å². The number of rotatable bonds is 3. The van der Waals surface area contributed by atoms with Crippen LogP contribution in [-0.4, -0.2) is 5.11 Å². The minimum absolute atomic E-state index is 0.159. The first-order valence-electron chi connectivity index (χ1n) is 14.9. The summed E-state index contributed by atoms with van der Waals surface area (Å²) >= 11 is 0. The Labute approximate surface area is 254 Å². The van der Waals surface area contributed by atoms with Gasteiger partial charge >= 0.3 is 0 Å². The fourth-order valence-corrected chi connectivity index (χ4v) is 6.91. The van der Waals surface area contributed by atoms with Crippen LogP contribution in [-0.2, 0) is 0 Å². The van der Waals surface area contributed by atoms with Crippen molar-refractivity contribution < 1.29 is 9.52 Å². The number of phenolic OH excluding ortho intramolecular Hbond substituents is 1. The third kappa shape index (κ3) is 3.68. The molecule has 0 amide bonds. The Morgan fingerprint density at radius 3 is 1.39 bits per heavy atom. The van der Waals surface area contributed by atoms with Gasteiger partial charge in [0, 0.05) is 16.3 Å². The van der Waals surface area contributed by atoms with E-state index in [2.05, 4.69) is 127 Å². The zero-order valence-corrected chi connectivity index (χ0v) is 23.8. The average Bonchev–Trinajstić information content (AvgIpc) is 3.48. The number of hydrogen-bond donors (Lipinski definition) is 1. The number of benzene rings is 8. The van der Waals surface area contributed by atoms with Crippen molar-refractivity contribution in [2.75, 3.05) is 0 Å². The highest BCUT2D eigenvalue weighted by Gasteiger charge is 2.16. The monoisotopic (exact) mass is 562 g/mol. The molecule has 0 unspecified atom stereocenters. The molecule has 0 fully saturated rings. The number of hydrogen-bond acceptors (Lipinski definition) is 2. The zero-order chi connectivity index (χ0) is 29.2. The van der Waals surface area contributed by atoms with Crippen molar-refractivity contribution in [2.24, 2.45) is 0 Å². The molecule has 0 bridgehead atoms. The van der Waals surface area contributed by atoms with E-state index in [0.717, 1.165) is 33.0 Å². The molecule has 0 aliphatic rings. The normalized spacial score (nSPS) is 11.7. The molecule has 206 valence electrons. The predicted molar refractivity (Wildman–Crippen MR) is 184 cm³/mol. The van der Waals surface area contributed by atoms with Crippen LogP contribution < -0.4 is 0 Å². The van der Waals surface area contributed by atoms with E-state index in [9.17, 15) is 5.11 Å². The molecule has 1 N–H and O–H groups in total. The molecule has 2 nitrogen and oxygen atoms in total. The lowest BCUT2D eigenvalue weighted by Gasteiger charge is -2.16. The molecule has 2 heteroatoms. The Morgan fingerprint density at radius 2 is 0.773 bits per heavy atom. The molecule has 1 heterocycles. The fourth-order valence-electron chi connectivity index (χ4n) is 6.91. The largest absolute Gasteiger partial charge is 0.504 e. The van der Waals surface area contributed by atoms with Crippen LogP contribution in [0.25, 0.3) is 87.6 Å². The number of phenols is 1. The van der Waals surface area contributed by atoms with E-state index in [1.54, 1.807) is 6.07 Å². The Hall–Kier alpha value is -5.86. The quantitative estimate of drug-likeness (QED) is 0.217. The maximum atomic E-state index is 10.4. The summed E-state index contributed by atoms with van der Waals surface area (Å²) < 4.78 is 6.22. The second-order valence-corrected chi connectivity index (χ2v) is 11.4. The molecule has 1 aromatic heterocycles. The van der Waals surface area contributed by atoms with E-state index >= 15 is 0 Å². The third-order valence-corrected chi connectivity index (χ3v) is 8.98. The van der Waals surface area contributed by atoms with Gasteiger partial charge in [0.15, 0.2) is 11.3 Å². The van der Waals surface area contributed by atoms with Gasteiger partial charge in [-0.3, -0.25) is 0 Å². The first-order chi connectivity index (χ1) is 21.7. The number of fused-ring (bicyclic) bond motifs is 8. The molecule has 0 saturated heterocycles. The van der Waals surface area contributed by atoms with Crippen LogP contribution in [0.4, 0.5) is 0 Å². The van der Waals surface area contributed by atoms with Crippen molar-refractivity contribution in [3.8, 4) is 39.1 Å². The minimum atomic E-state index is 0.159. The van der Waals surface area contributed by atoms with E-state index in [4.69, 9.17) is 4.42 Å². The van der Waals surface area contributed by atoms with Gasteiger partial charge in [0.25, 0.3) is 0 Å². The standard InChI is InChI=1S/C42H26O2/c43-40-19-9-18-35-34-17-8-16-29(41(34)44-42(35)40)27-20-22-28(23-21-27)37-25-39-32-14-6-4-12-30(32)36(26-10-2-1-3-11-26)24-38(39)33-15-7-5-13-31(33)37/h1-25,43H. The molecule has 0 spiro atoms. The van der Waals surface area contributed by atoms with E-state index in [0.29, 0.717) is 5.58 Å². The van der Waals surface area contributed by atoms with Gasteiger partial charge in [-0.1, -0.05) is 133 Å². The van der Waals surface area contributed by atoms with Crippen molar-refractivity contribution >= 4 is 54.3 Å².